The molecule has 0 bridgehead atoms. The first-order valence-electron chi connectivity index (χ1n) is 7.38. The average Bonchev–Trinajstić information content (AvgIpc) is 3.03. The zero-order valence-corrected chi connectivity index (χ0v) is 12.6. The molecule has 0 amide bonds. The first kappa shape index (κ1) is 16.0. The Labute approximate surface area is 130 Å². The molecule has 3 heterocycles. The fourth-order valence-corrected chi connectivity index (χ4v) is 2.75. The third-order valence-electron chi connectivity index (χ3n) is 3.87. The first-order chi connectivity index (χ1) is 10.8. The van der Waals surface area contributed by atoms with Gasteiger partial charge in [-0.15, -0.1) is 5.10 Å². The predicted molar refractivity (Wildman–Crippen MR) is 78.3 cm³/mol. The molecule has 23 heavy (non-hydrogen) atoms. The standard InChI is InChI=1S/C14H18F3N5O/c1-9-6-22-13(18-9)3-2-12(20-22)19-10-4-5-21(7-10)8-11(23)14(15,16)17/h2-3,6,10-11,23H,4-5,7-8H2,1H3,(H,19,20)/t10-,11-/m1/s1. The van der Waals surface area contributed by atoms with Crippen molar-refractivity contribution in [3.63, 3.8) is 0 Å². The number of aliphatic hydroxyl groups is 1. The molecule has 0 radical (unpaired) electrons. The van der Waals surface area contributed by atoms with E-state index in [1.807, 2.05) is 13.0 Å². The van der Waals surface area contributed by atoms with Crippen LogP contribution in [0.2, 0.25) is 0 Å². The number of aliphatic hydroxyl groups excluding tert-OH is 1. The van der Waals surface area contributed by atoms with Crippen molar-refractivity contribution in [2.75, 3.05) is 25.0 Å². The number of alkyl halides is 3. The van der Waals surface area contributed by atoms with Gasteiger partial charge in [0, 0.05) is 25.7 Å². The van der Waals surface area contributed by atoms with Gasteiger partial charge in [0.1, 0.15) is 5.82 Å². The molecule has 6 nitrogen and oxygen atoms in total. The number of aromatic nitrogens is 3. The van der Waals surface area contributed by atoms with Crippen molar-refractivity contribution in [2.45, 2.75) is 31.7 Å². The molecule has 2 N–H and O–H groups in total. The lowest BCUT2D eigenvalue weighted by Gasteiger charge is -2.22. The Kier molecular flexibility index (Phi) is 4.15. The van der Waals surface area contributed by atoms with Crippen LogP contribution in [0.4, 0.5) is 19.0 Å². The second kappa shape index (κ2) is 5.97. The summed E-state index contributed by atoms with van der Waals surface area (Å²) in [6.07, 6.45) is -4.36. The quantitative estimate of drug-likeness (QED) is 0.889. The number of nitrogens with one attached hydrogen (secondary N) is 1. The van der Waals surface area contributed by atoms with Crippen LogP contribution >= 0.6 is 0 Å². The van der Waals surface area contributed by atoms with Crippen LogP contribution in [0.15, 0.2) is 18.3 Å². The first-order valence-corrected chi connectivity index (χ1v) is 7.38. The van der Waals surface area contributed by atoms with Gasteiger partial charge < -0.3 is 10.4 Å². The third-order valence-corrected chi connectivity index (χ3v) is 3.87. The number of anilines is 1. The topological polar surface area (TPSA) is 65.7 Å². The van der Waals surface area contributed by atoms with Gasteiger partial charge >= 0.3 is 6.18 Å². The van der Waals surface area contributed by atoms with E-state index in [1.165, 1.54) is 0 Å². The minimum atomic E-state index is -4.57. The van der Waals surface area contributed by atoms with E-state index in [9.17, 15) is 13.2 Å². The van der Waals surface area contributed by atoms with Crippen LogP contribution in [0.3, 0.4) is 0 Å². The lowest BCUT2D eigenvalue weighted by molar-refractivity contribution is -0.207. The normalized spacial score (nSPS) is 21.0. The molecule has 2 atom stereocenters. The van der Waals surface area contributed by atoms with Crippen molar-refractivity contribution in [2.24, 2.45) is 0 Å². The zero-order valence-electron chi connectivity index (χ0n) is 12.6. The lowest BCUT2D eigenvalue weighted by Crippen LogP contribution is -2.40. The SMILES string of the molecule is Cc1cn2nc(N[C@@H]3CCN(C[C@@H](O)C(F)(F)F)C3)ccc2n1. The van der Waals surface area contributed by atoms with Crippen LogP contribution in [0.5, 0.6) is 0 Å². The minimum absolute atomic E-state index is 0.00463. The maximum absolute atomic E-state index is 12.4. The summed E-state index contributed by atoms with van der Waals surface area (Å²) in [4.78, 5) is 5.89. The molecule has 0 spiro atoms. The predicted octanol–water partition coefficient (Wildman–Crippen LogP) is 1.45. The minimum Gasteiger partial charge on any atom is -0.382 e. The molecule has 0 saturated carbocycles. The molecule has 0 aliphatic carbocycles. The maximum atomic E-state index is 12.4. The molecular weight excluding hydrogens is 311 g/mol. The van der Waals surface area contributed by atoms with E-state index >= 15 is 0 Å². The van der Waals surface area contributed by atoms with Gasteiger partial charge in [-0.2, -0.15) is 13.2 Å². The number of aryl methyl sites for hydroxylation is 1. The third kappa shape index (κ3) is 3.73. The van der Waals surface area contributed by atoms with Crippen LogP contribution < -0.4 is 5.32 Å². The van der Waals surface area contributed by atoms with E-state index < -0.39 is 18.8 Å². The molecular formula is C14H18F3N5O. The smallest absolute Gasteiger partial charge is 0.382 e. The number of β-amino-alcohol motifs (C(OH)–C–C–N with tert-alkyl or cyclic N) is 1. The Morgan fingerprint density at radius 3 is 2.96 bits per heavy atom. The van der Waals surface area contributed by atoms with E-state index in [4.69, 9.17) is 5.11 Å². The molecule has 9 heteroatoms. The highest BCUT2D eigenvalue weighted by Gasteiger charge is 2.40. The monoisotopic (exact) mass is 329 g/mol. The van der Waals surface area contributed by atoms with Crippen LogP contribution in [0, 0.1) is 6.92 Å². The van der Waals surface area contributed by atoms with Gasteiger partial charge in [0.25, 0.3) is 0 Å². The summed E-state index contributed by atoms with van der Waals surface area (Å²) in [5.41, 5.74) is 1.61. The van der Waals surface area contributed by atoms with E-state index in [0.29, 0.717) is 25.3 Å². The van der Waals surface area contributed by atoms with Crippen LogP contribution in [0.25, 0.3) is 5.65 Å². The van der Waals surface area contributed by atoms with Gasteiger partial charge in [-0.1, -0.05) is 0 Å². The largest absolute Gasteiger partial charge is 0.415 e. The summed E-state index contributed by atoms with van der Waals surface area (Å²) in [6, 6.07) is 3.64. The Balaban J connectivity index is 1.58. The maximum Gasteiger partial charge on any atom is 0.415 e. The van der Waals surface area contributed by atoms with Gasteiger partial charge in [0.05, 0.1) is 11.9 Å². The zero-order chi connectivity index (χ0) is 16.6. The van der Waals surface area contributed by atoms with Gasteiger partial charge in [0.2, 0.25) is 0 Å². The average molecular weight is 329 g/mol. The molecule has 126 valence electrons. The molecule has 1 fully saturated rings. The van der Waals surface area contributed by atoms with Crippen LogP contribution in [-0.2, 0) is 0 Å². The summed E-state index contributed by atoms with van der Waals surface area (Å²) in [7, 11) is 0. The highest BCUT2D eigenvalue weighted by atomic mass is 19.4. The molecule has 3 rings (SSSR count). The second-order valence-electron chi connectivity index (χ2n) is 5.85. The van der Waals surface area contributed by atoms with Crippen molar-refractivity contribution in [3.05, 3.63) is 24.0 Å². The number of imidazole rings is 1. The number of hydrogen-bond donors (Lipinski definition) is 2. The summed E-state index contributed by atoms with van der Waals surface area (Å²) in [5.74, 6) is 0.651. The molecule has 2 aromatic rings. The molecule has 1 aliphatic rings. The van der Waals surface area contributed by atoms with Gasteiger partial charge in [-0.25, -0.2) is 9.50 Å². The number of fused-ring (bicyclic) bond motifs is 1. The number of nitrogens with zero attached hydrogens (tertiary/aromatic N) is 4. The van der Waals surface area contributed by atoms with Gasteiger partial charge in [-0.05, 0) is 25.5 Å². The van der Waals surface area contributed by atoms with Crippen molar-refractivity contribution in [1.29, 1.82) is 0 Å². The highest BCUT2D eigenvalue weighted by Crippen LogP contribution is 2.23. The fraction of sp³-hybridized carbons (Fsp3) is 0.571. The Morgan fingerprint density at radius 1 is 1.43 bits per heavy atom. The summed E-state index contributed by atoms with van der Waals surface area (Å²) in [5, 5.41) is 16.7. The molecule has 0 aromatic carbocycles. The fourth-order valence-electron chi connectivity index (χ4n) is 2.75. The number of halogens is 3. The van der Waals surface area contributed by atoms with Gasteiger partial charge in [-0.3, -0.25) is 4.90 Å². The van der Waals surface area contributed by atoms with Crippen LogP contribution in [-0.4, -0.2) is 62.6 Å². The summed E-state index contributed by atoms with van der Waals surface area (Å²) < 4.78 is 38.8. The van der Waals surface area contributed by atoms with E-state index in [2.05, 4.69) is 15.4 Å². The van der Waals surface area contributed by atoms with Crippen molar-refractivity contribution in [3.8, 4) is 0 Å². The number of rotatable bonds is 4. The molecule has 1 saturated heterocycles. The number of hydrogen-bond acceptors (Lipinski definition) is 5. The van der Waals surface area contributed by atoms with E-state index in [-0.39, 0.29) is 6.04 Å². The summed E-state index contributed by atoms with van der Waals surface area (Å²) >= 11 is 0. The van der Waals surface area contributed by atoms with Crippen LogP contribution in [0.1, 0.15) is 12.1 Å². The highest BCUT2D eigenvalue weighted by molar-refractivity contribution is 5.45. The molecule has 1 aliphatic heterocycles. The molecule has 2 aromatic heterocycles. The number of likely N-dealkylation sites (tertiary alicyclic amines) is 1. The van der Waals surface area contributed by atoms with Crippen molar-refractivity contribution >= 4 is 11.5 Å². The second-order valence-corrected chi connectivity index (χ2v) is 5.85. The Morgan fingerprint density at radius 2 is 2.22 bits per heavy atom. The van der Waals surface area contributed by atoms with E-state index in [1.54, 1.807) is 21.7 Å². The Bertz CT molecular complexity index is 687. The Hall–Kier alpha value is -1.87. The molecule has 0 unspecified atom stereocenters. The van der Waals surface area contributed by atoms with Crippen molar-refractivity contribution in [1.82, 2.24) is 19.5 Å². The van der Waals surface area contributed by atoms with Gasteiger partial charge in [0.15, 0.2) is 11.8 Å². The lowest BCUT2D eigenvalue weighted by atomic mass is 10.2. The van der Waals surface area contributed by atoms with E-state index in [0.717, 1.165) is 11.3 Å². The summed E-state index contributed by atoms with van der Waals surface area (Å²) in [6.45, 7) is 2.44. The van der Waals surface area contributed by atoms with Crippen molar-refractivity contribution < 1.29 is 18.3 Å².